The number of carbonyl (C=O) groups is 1. The van der Waals surface area contributed by atoms with E-state index in [2.05, 4.69) is 22.3 Å². The average molecular weight is 288 g/mol. The van der Waals surface area contributed by atoms with Crippen LogP contribution in [0.25, 0.3) is 10.1 Å². The van der Waals surface area contributed by atoms with Crippen molar-refractivity contribution in [2.45, 2.75) is 19.3 Å². The average Bonchev–Trinajstić information content (AvgIpc) is 2.92. The summed E-state index contributed by atoms with van der Waals surface area (Å²) >= 11 is 1.57. The summed E-state index contributed by atoms with van der Waals surface area (Å²) < 4.78 is 1.17. The predicted octanol–water partition coefficient (Wildman–Crippen LogP) is 3.12. The van der Waals surface area contributed by atoms with Crippen molar-refractivity contribution in [2.75, 3.05) is 26.2 Å². The van der Waals surface area contributed by atoms with Gasteiger partial charge in [-0.3, -0.25) is 4.79 Å². The molecule has 1 aliphatic heterocycles. The summed E-state index contributed by atoms with van der Waals surface area (Å²) in [5.41, 5.74) is 0. The van der Waals surface area contributed by atoms with Gasteiger partial charge in [0, 0.05) is 17.8 Å². The number of amides is 1. The number of piperidine rings is 1. The standard InChI is InChI=1S/C16H20N2OS/c19-16(17-8-11-18-9-4-1-5-10-18)15-12-13-6-2-3-7-14(13)20-15/h2-3,6-7,12H,1,4-5,8-11H2,(H,17,19). The molecule has 0 radical (unpaired) electrons. The number of rotatable bonds is 4. The van der Waals surface area contributed by atoms with Crippen LogP contribution in [0.5, 0.6) is 0 Å². The van der Waals surface area contributed by atoms with Crippen LogP contribution in [0, 0.1) is 0 Å². The molecule has 1 N–H and O–H groups in total. The molecule has 1 amide bonds. The Morgan fingerprint density at radius 3 is 2.80 bits per heavy atom. The molecule has 106 valence electrons. The number of carbonyl (C=O) groups excluding carboxylic acids is 1. The zero-order valence-electron chi connectivity index (χ0n) is 11.6. The zero-order valence-corrected chi connectivity index (χ0v) is 12.4. The molecule has 1 aromatic heterocycles. The van der Waals surface area contributed by atoms with E-state index in [1.165, 1.54) is 37.1 Å². The van der Waals surface area contributed by atoms with E-state index in [4.69, 9.17) is 0 Å². The van der Waals surface area contributed by atoms with E-state index in [-0.39, 0.29) is 5.91 Å². The summed E-state index contributed by atoms with van der Waals surface area (Å²) in [5, 5.41) is 4.19. The van der Waals surface area contributed by atoms with Gasteiger partial charge in [-0.1, -0.05) is 24.6 Å². The molecular formula is C16H20N2OS. The number of hydrogen-bond acceptors (Lipinski definition) is 3. The maximum atomic E-state index is 12.1. The number of hydrogen-bond donors (Lipinski definition) is 1. The molecule has 0 atom stereocenters. The second-order valence-electron chi connectivity index (χ2n) is 5.31. The van der Waals surface area contributed by atoms with Crippen LogP contribution in [0.3, 0.4) is 0 Å². The fraction of sp³-hybridized carbons (Fsp3) is 0.438. The van der Waals surface area contributed by atoms with Crippen LogP contribution in [0.1, 0.15) is 28.9 Å². The van der Waals surface area contributed by atoms with Crippen LogP contribution < -0.4 is 5.32 Å². The first kappa shape index (κ1) is 13.6. The van der Waals surface area contributed by atoms with Crippen LogP contribution in [0.4, 0.5) is 0 Å². The van der Waals surface area contributed by atoms with Crippen molar-refractivity contribution in [3.05, 3.63) is 35.2 Å². The molecule has 1 aliphatic rings. The fourth-order valence-electron chi connectivity index (χ4n) is 2.69. The lowest BCUT2D eigenvalue weighted by Crippen LogP contribution is -2.37. The third-order valence-electron chi connectivity index (χ3n) is 3.81. The first-order valence-corrected chi connectivity index (χ1v) is 8.14. The molecule has 1 saturated heterocycles. The lowest BCUT2D eigenvalue weighted by atomic mass is 10.1. The zero-order chi connectivity index (χ0) is 13.8. The molecule has 0 saturated carbocycles. The Morgan fingerprint density at radius 2 is 2.00 bits per heavy atom. The van der Waals surface area contributed by atoms with Crippen molar-refractivity contribution < 1.29 is 4.79 Å². The monoisotopic (exact) mass is 288 g/mol. The molecule has 3 rings (SSSR count). The quantitative estimate of drug-likeness (QED) is 0.937. The molecule has 20 heavy (non-hydrogen) atoms. The predicted molar refractivity (Wildman–Crippen MR) is 84.4 cm³/mol. The highest BCUT2D eigenvalue weighted by Gasteiger charge is 2.12. The molecule has 1 aromatic carbocycles. The molecule has 0 aliphatic carbocycles. The van der Waals surface area contributed by atoms with Gasteiger partial charge in [0.05, 0.1) is 4.88 Å². The van der Waals surface area contributed by atoms with E-state index < -0.39 is 0 Å². The minimum Gasteiger partial charge on any atom is -0.350 e. The molecule has 2 heterocycles. The number of nitrogens with zero attached hydrogens (tertiary/aromatic N) is 1. The van der Waals surface area contributed by atoms with Crippen LogP contribution >= 0.6 is 11.3 Å². The van der Waals surface area contributed by atoms with Gasteiger partial charge >= 0.3 is 0 Å². The molecule has 0 spiro atoms. The van der Waals surface area contributed by atoms with E-state index in [1.54, 1.807) is 11.3 Å². The highest BCUT2D eigenvalue weighted by atomic mass is 32.1. The smallest absolute Gasteiger partial charge is 0.261 e. The Labute approximate surface area is 123 Å². The van der Waals surface area contributed by atoms with Crippen molar-refractivity contribution in [1.29, 1.82) is 0 Å². The molecule has 0 unspecified atom stereocenters. The molecular weight excluding hydrogens is 268 g/mol. The van der Waals surface area contributed by atoms with Crippen molar-refractivity contribution in [2.24, 2.45) is 0 Å². The van der Waals surface area contributed by atoms with Gasteiger partial charge in [-0.25, -0.2) is 0 Å². The van der Waals surface area contributed by atoms with Crippen LogP contribution in [0.2, 0.25) is 0 Å². The van der Waals surface area contributed by atoms with E-state index in [0.29, 0.717) is 0 Å². The van der Waals surface area contributed by atoms with Gasteiger partial charge in [0.2, 0.25) is 0 Å². The number of fused-ring (bicyclic) bond motifs is 1. The van der Waals surface area contributed by atoms with Gasteiger partial charge in [0.15, 0.2) is 0 Å². The largest absolute Gasteiger partial charge is 0.350 e. The van der Waals surface area contributed by atoms with E-state index in [9.17, 15) is 4.79 Å². The number of benzene rings is 1. The highest BCUT2D eigenvalue weighted by molar-refractivity contribution is 7.20. The fourth-order valence-corrected chi connectivity index (χ4v) is 3.67. The minimum atomic E-state index is 0.0585. The summed E-state index contributed by atoms with van der Waals surface area (Å²) in [5.74, 6) is 0.0585. The van der Waals surface area contributed by atoms with E-state index in [1.807, 2.05) is 18.2 Å². The second-order valence-corrected chi connectivity index (χ2v) is 6.39. The van der Waals surface area contributed by atoms with Gasteiger partial charge in [0.25, 0.3) is 5.91 Å². The molecule has 3 nitrogen and oxygen atoms in total. The summed E-state index contributed by atoms with van der Waals surface area (Å²) in [6, 6.07) is 10.1. The Morgan fingerprint density at radius 1 is 1.20 bits per heavy atom. The molecule has 2 aromatic rings. The third kappa shape index (κ3) is 3.19. The first-order chi connectivity index (χ1) is 9.83. The van der Waals surface area contributed by atoms with E-state index in [0.717, 1.165) is 23.4 Å². The van der Waals surface area contributed by atoms with Gasteiger partial charge in [0.1, 0.15) is 0 Å². The molecule has 0 bridgehead atoms. The summed E-state index contributed by atoms with van der Waals surface area (Å²) in [7, 11) is 0. The van der Waals surface area contributed by atoms with Crippen molar-refractivity contribution in [1.82, 2.24) is 10.2 Å². The first-order valence-electron chi connectivity index (χ1n) is 7.32. The van der Waals surface area contributed by atoms with Crippen LogP contribution in [-0.4, -0.2) is 37.0 Å². The SMILES string of the molecule is O=C(NCCN1CCCCC1)c1cc2ccccc2s1. The normalized spacial score (nSPS) is 16.4. The summed E-state index contributed by atoms with van der Waals surface area (Å²) in [4.78, 5) is 15.4. The summed E-state index contributed by atoms with van der Waals surface area (Å²) in [6.07, 6.45) is 3.94. The van der Waals surface area contributed by atoms with Crippen LogP contribution in [-0.2, 0) is 0 Å². The summed E-state index contributed by atoms with van der Waals surface area (Å²) in [6.45, 7) is 4.07. The Kier molecular flexibility index (Phi) is 4.33. The maximum absolute atomic E-state index is 12.1. The number of likely N-dealkylation sites (tertiary alicyclic amines) is 1. The number of thiophene rings is 1. The van der Waals surface area contributed by atoms with Crippen molar-refractivity contribution in [3.63, 3.8) is 0 Å². The Hall–Kier alpha value is -1.39. The second kappa shape index (κ2) is 6.37. The van der Waals surface area contributed by atoms with Gasteiger partial charge < -0.3 is 10.2 Å². The Bertz CT molecular complexity index is 554. The maximum Gasteiger partial charge on any atom is 0.261 e. The lowest BCUT2D eigenvalue weighted by molar-refractivity contribution is 0.0950. The number of nitrogens with one attached hydrogen (secondary N) is 1. The molecule has 1 fully saturated rings. The van der Waals surface area contributed by atoms with Gasteiger partial charge in [-0.2, -0.15) is 0 Å². The third-order valence-corrected chi connectivity index (χ3v) is 4.93. The van der Waals surface area contributed by atoms with Gasteiger partial charge in [-0.15, -0.1) is 11.3 Å². The van der Waals surface area contributed by atoms with Gasteiger partial charge in [-0.05, 0) is 43.5 Å². The van der Waals surface area contributed by atoms with E-state index >= 15 is 0 Å². The Balaban J connectivity index is 1.53. The highest BCUT2D eigenvalue weighted by Crippen LogP contribution is 2.24. The van der Waals surface area contributed by atoms with Crippen molar-refractivity contribution >= 4 is 27.3 Å². The van der Waals surface area contributed by atoms with Crippen LogP contribution in [0.15, 0.2) is 30.3 Å². The minimum absolute atomic E-state index is 0.0585. The topological polar surface area (TPSA) is 32.3 Å². The lowest BCUT2D eigenvalue weighted by Gasteiger charge is -2.26. The molecule has 4 heteroatoms. The van der Waals surface area contributed by atoms with Crippen molar-refractivity contribution in [3.8, 4) is 0 Å².